The Hall–Kier alpha value is -1.85. The molecule has 1 heterocycles. The summed E-state index contributed by atoms with van der Waals surface area (Å²) in [7, 11) is 3.56. The summed E-state index contributed by atoms with van der Waals surface area (Å²) < 4.78 is 6.93. The Morgan fingerprint density at radius 3 is 2.95 bits per heavy atom. The number of nitrogens with zero attached hydrogens (tertiary/aromatic N) is 1. The van der Waals surface area contributed by atoms with Crippen molar-refractivity contribution in [2.45, 2.75) is 25.4 Å². The van der Waals surface area contributed by atoms with Gasteiger partial charge in [-0.15, -0.1) is 0 Å². The molecule has 0 bridgehead atoms. The first-order chi connectivity index (χ1) is 10.6. The van der Waals surface area contributed by atoms with E-state index >= 15 is 0 Å². The van der Waals surface area contributed by atoms with Gasteiger partial charge in [-0.3, -0.25) is 4.79 Å². The molecule has 0 spiro atoms. The van der Waals surface area contributed by atoms with Gasteiger partial charge in [0.1, 0.15) is 0 Å². The predicted octanol–water partition coefficient (Wildman–Crippen LogP) is 1.62. The quantitative estimate of drug-likeness (QED) is 0.779. The summed E-state index contributed by atoms with van der Waals surface area (Å²) in [6.07, 6.45) is 3.24. The molecular weight excluding hydrogens is 280 g/mol. The lowest BCUT2D eigenvalue weighted by Gasteiger charge is -2.10. The van der Waals surface area contributed by atoms with Crippen LogP contribution in [0.4, 0.5) is 0 Å². The molecule has 2 N–H and O–H groups in total. The van der Waals surface area contributed by atoms with E-state index in [9.17, 15) is 9.90 Å². The van der Waals surface area contributed by atoms with Crippen molar-refractivity contribution in [2.75, 3.05) is 20.3 Å². The smallest absolute Gasteiger partial charge is 0.220 e. The van der Waals surface area contributed by atoms with E-state index in [0.717, 1.165) is 0 Å². The Labute approximate surface area is 130 Å². The fourth-order valence-corrected chi connectivity index (χ4v) is 2.62. The Morgan fingerprint density at radius 2 is 2.18 bits per heavy atom. The highest BCUT2D eigenvalue weighted by Crippen LogP contribution is 2.21. The minimum Gasteiger partial charge on any atom is -0.391 e. The van der Waals surface area contributed by atoms with Gasteiger partial charge in [0.05, 0.1) is 12.7 Å². The van der Waals surface area contributed by atoms with E-state index < -0.39 is 6.10 Å². The standard InChI is InChI=1S/C17H24N2O3/c1-19-11-13(15-5-3-4-6-16(15)19)7-8-17(21)18-10-9-14(20)12-22-2/h3-6,11,14,20H,7-10,12H2,1-2H3,(H,18,21). The molecule has 0 saturated heterocycles. The van der Waals surface area contributed by atoms with Gasteiger partial charge in [-0.1, -0.05) is 18.2 Å². The first-order valence-electron chi connectivity index (χ1n) is 7.58. The summed E-state index contributed by atoms with van der Waals surface area (Å²) in [5.74, 6) is 0.0116. The number of nitrogens with one attached hydrogen (secondary N) is 1. The molecule has 0 aliphatic carbocycles. The van der Waals surface area contributed by atoms with Crippen LogP contribution in [0, 0.1) is 0 Å². The number of para-hydroxylation sites is 1. The van der Waals surface area contributed by atoms with Gasteiger partial charge in [-0.05, 0) is 24.5 Å². The van der Waals surface area contributed by atoms with Crippen LogP contribution < -0.4 is 5.32 Å². The number of aliphatic hydroxyl groups excluding tert-OH is 1. The summed E-state index contributed by atoms with van der Waals surface area (Å²) in [4.78, 5) is 11.9. The summed E-state index contributed by atoms with van der Waals surface area (Å²) >= 11 is 0. The number of carbonyl (C=O) groups is 1. The van der Waals surface area contributed by atoms with Gasteiger partial charge in [0.2, 0.25) is 5.91 Å². The summed E-state index contributed by atoms with van der Waals surface area (Å²) in [6, 6.07) is 8.20. The number of fused-ring (bicyclic) bond motifs is 1. The van der Waals surface area contributed by atoms with E-state index in [1.165, 1.54) is 16.5 Å². The van der Waals surface area contributed by atoms with Gasteiger partial charge in [0.15, 0.2) is 0 Å². The van der Waals surface area contributed by atoms with Crippen LogP contribution in [0.15, 0.2) is 30.5 Å². The normalized spacial score (nSPS) is 12.5. The van der Waals surface area contributed by atoms with Crippen LogP contribution >= 0.6 is 0 Å². The Kier molecular flexibility index (Phi) is 5.98. The zero-order chi connectivity index (χ0) is 15.9. The molecule has 22 heavy (non-hydrogen) atoms. The molecular formula is C17H24N2O3. The number of aliphatic hydroxyl groups is 1. The van der Waals surface area contributed by atoms with Crippen molar-refractivity contribution < 1.29 is 14.6 Å². The lowest BCUT2D eigenvalue weighted by atomic mass is 10.1. The van der Waals surface area contributed by atoms with E-state index in [0.29, 0.717) is 32.4 Å². The van der Waals surface area contributed by atoms with Gasteiger partial charge in [-0.2, -0.15) is 0 Å². The van der Waals surface area contributed by atoms with Crippen molar-refractivity contribution in [3.63, 3.8) is 0 Å². The molecule has 5 heteroatoms. The number of methoxy groups -OCH3 is 1. The maximum Gasteiger partial charge on any atom is 0.220 e. The average Bonchev–Trinajstić information content (AvgIpc) is 2.82. The second kappa shape index (κ2) is 7.96. The van der Waals surface area contributed by atoms with Gasteiger partial charge in [-0.25, -0.2) is 0 Å². The predicted molar refractivity (Wildman–Crippen MR) is 86.7 cm³/mol. The molecule has 0 radical (unpaired) electrons. The molecule has 1 aromatic carbocycles. The Balaban J connectivity index is 1.81. The summed E-state index contributed by atoms with van der Waals surface area (Å²) in [5.41, 5.74) is 2.37. The highest BCUT2D eigenvalue weighted by Gasteiger charge is 2.09. The third-order valence-electron chi connectivity index (χ3n) is 3.76. The molecule has 1 aromatic heterocycles. The maximum atomic E-state index is 11.9. The van der Waals surface area contributed by atoms with Crippen molar-refractivity contribution in [1.82, 2.24) is 9.88 Å². The largest absolute Gasteiger partial charge is 0.391 e. The number of hydrogen-bond donors (Lipinski definition) is 2. The minimum absolute atomic E-state index is 0.0116. The van der Waals surface area contributed by atoms with Crippen molar-refractivity contribution in [3.05, 3.63) is 36.0 Å². The molecule has 5 nitrogen and oxygen atoms in total. The van der Waals surface area contributed by atoms with Crippen molar-refractivity contribution in [2.24, 2.45) is 7.05 Å². The third-order valence-corrected chi connectivity index (χ3v) is 3.76. The Morgan fingerprint density at radius 1 is 1.41 bits per heavy atom. The molecule has 0 saturated carbocycles. The molecule has 2 aromatic rings. The summed E-state index contributed by atoms with van der Waals surface area (Å²) in [6.45, 7) is 0.769. The number of amides is 1. The number of aromatic nitrogens is 1. The lowest BCUT2D eigenvalue weighted by Crippen LogP contribution is -2.28. The number of hydrogen-bond acceptors (Lipinski definition) is 3. The first kappa shape index (κ1) is 16.5. The SMILES string of the molecule is COCC(O)CCNC(=O)CCc1cn(C)c2ccccc12. The van der Waals surface area contributed by atoms with E-state index in [1.54, 1.807) is 7.11 Å². The van der Waals surface area contributed by atoms with Crippen LogP contribution in [0.1, 0.15) is 18.4 Å². The van der Waals surface area contributed by atoms with Crippen LogP contribution in [0.2, 0.25) is 0 Å². The van der Waals surface area contributed by atoms with E-state index in [4.69, 9.17) is 4.74 Å². The van der Waals surface area contributed by atoms with E-state index in [-0.39, 0.29) is 5.91 Å². The van der Waals surface area contributed by atoms with Crippen molar-refractivity contribution in [1.29, 1.82) is 0 Å². The van der Waals surface area contributed by atoms with Gasteiger partial charge < -0.3 is 19.7 Å². The number of benzene rings is 1. The van der Waals surface area contributed by atoms with E-state index in [2.05, 4.69) is 28.2 Å². The Bertz CT molecular complexity index is 621. The summed E-state index contributed by atoms with van der Waals surface area (Å²) in [5, 5.41) is 13.5. The molecule has 0 aliphatic heterocycles. The number of ether oxygens (including phenoxy) is 1. The number of carbonyl (C=O) groups excluding carboxylic acids is 1. The first-order valence-corrected chi connectivity index (χ1v) is 7.58. The highest BCUT2D eigenvalue weighted by atomic mass is 16.5. The molecule has 1 amide bonds. The highest BCUT2D eigenvalue weighted by molar-refractivity contribution is 5.84. The molecule has 0 aliphatic rings. The fraction of sp³-hybridized carbons (Fsp3) is 0.471. The van der Waals surface area contributed by atoms with Gasteiger partial charge in [0, 0.05) is 44.2 Å². The monoisotopic (exact) mass is 304 g/mol. The maximum absolute atomic E-state index is 11.9. The molecule has 120 valence electrons. The van der Waals surface area contributed by atoms with Crippen LogP contribution in [-0.2, 0) is 23.0 Å². The van der Waals surface area contributed by atoms with Crippen molar-refractivity contribution in [3.8, 4) is 0 Å². The van der Waals surface area contributed by atoms with Crippen LogP contribution in [0.3, 0.4) is 0 Å². The molecule has 2 rings (SSSR count). The van der Waals surface area contributed by atoms with Crippen LogP contribution in [0.25, 0.3) is 10.9 Å². The second-order valence-corrected chi connectivity index (χ2v) is 5.53. The zero-order valence-electron chi connectivity index (χ0n) is 13.2. The van der Waals surface area contributed by atoms with E-state index in [1.807, 2.05) is 19.2 Å². The second-order valence-electron chi connectivity index (χ2n) is 5.53. The lowest BCUT2D eigenvalue weighted by molar-refractivity contribution is -0.121. The molecule has 0 fully saturated rings. The number of aryl methyl sites for hydroxylation is 2. The fourth-order valence-electron chi connectivity index (χ4n) is 2.62. The van der Waals surface area contributed by atoms with Gasteiger partial charge in [0.25, 0.3) is 0 Å². The van der Waals surface area contributed by atoms with Crippen LogP contribution in [-0.4, -0.2) is 41.9 Å². The third kappa shape index (κ3) is 4.32. The number of rotatable bonds is 8. The van der Waals surface area contributed by atoms with Gasteiger partial charge >= 0.3 is 0 Å². The molecule has 1 unspecified atom stereocenters. The average molecular weight is 304 g/mol. The van der Waals surface area contributed by atoms with Crippen molar-refractivity contribution >= 4 is 16.8 Å². The zero-order valence-corrected chi connectivity index (χ0v) is 13.2. The molecule has 1 atom stereocenters. The minimum atomic E-state index is -0.525. The topological polar surface area (TPSA) is 63.5 Å². The van der Waals surface area contributed by atoms with Crippen LogP contribution in [0.5, 0.6) is 0 Å².